The van der Waals surface area contributed by atoms with Crippen molar-refractivity contribution < 1.29 is 31.1 Å². The molecule has 162 valence electrons. The molecule has 11 heteroatoms. The van der Waals surface area contributed by atoms with Crippen molar-refractivity contribution in [2.45, 2.75) is 12.4 Å². The Balaban J connectivity index is 2.09. The fourth-order valence-electron chi connectivity index (χ4n) is 2.81. The molecule has 0 saturated carbocycles. The van der Waals surface area contributed by atoms with Crippen molar-refractivity contribution in [2.75, 3.05) is 11.9 Å². The number of nitrogens with zero attached hydrogens (tertiary/aromatic N) is 3. The van der Waals surface area contributed by atoms with E-state index < -0.39 is 35.0 Å². The van der Waals surface area contributed by atoms with E-state index >= 15 is 0 Å². The van der Waals surface area contributed by atoms with Gasteiger partial charge >= 0.3 is 12.4 Å². The van der Waals surface area contributed by atoms with Crippen LogP contribution in [-0.2, 0) is 12.4 Å². The molecule has 0 atom stereocenters. The Morgan fingerprint density at radius 1 is 0.968 bits per heavy atom. The van der Waals surface area contributed by atoms with E-state index in [0.717, 1.165) is 4.90 Å². The number of rotatable bonds is 3. The van der Waals surface area contributed by atoms with Crippen LogP contribution in [0.1, 0.15) is 21.5 Å². The zero-order valence-electron chi connectivity index (χ0n) is 15.6. The maximum absolute atomic E-state index is 13.1. The highest BCUT2D eigenvalue weighted by molar-refractivity contribution is 6.29. The highest BCUT2D eigenvalue weighted by atomic mass is 35.5. The maximum atomic E-state index is 13.1. The number of anilines is 1. The monoisotopic (exact) mass is 459 g/mol. The Morgan fingerprint density at radius 2 is 1.58 bits per heavy atom. The number of pyridine rings is 2. The highest BCUT2D eigenvalue weighted by Gasteiger charge is 2.38. The van der Waals surface area contributed by atoms with Crippen molar-refractivity contribution in [3.8, 4) is 11.3 Å². The zero-order valence-corrected chi connectivity index (χ0v) is 16.3. The van der Waals surface area contributed by atoms with E-state index in [-0.39, 0.29) is 16.9 Å². The molecule has 0 fully saturated rings. The molecular formula is C20H12ClF6N3O. The molecule has 0 N–H and O–H groups in total. The molecule has 0 unspecified atom stereocenters. The maximum Gasteiger partial charge on any atom is 0.416 e. The number of carbonyl (C=O) groups is 1. The van der Waals surface area contributed by atoms with Gasteiger partial charge in [0, 0.05) is 24.4 Å². The lowest BCUT2D eigenvalue weighted by molar-refractivity contribution is -0.143. The molecular weight excluding hydrogens is 448 g/mol. The first kappa shape index (κ1) is 22.5. The third-order valence-electron chi connectivity index (χ3n) is 4.29. The van der Waals surface area contributed by atoms with Crippen molar-refractivity contribution in [3.63, 3.8) is 0 Å². The van der Waals surface area contributed by atoms with E-state index in [0.29, 0.717) is 23.4 Å². The first-order valence-corrected chi connectivity index (χ1v) is 8.90. The first-order chi connectivity index (χ1) is 14.4. The van der Waals surface area contributed by atoms with Gasteiger partial charge < -0.3 is 4.90 Å². The molecule has 0 radical (unpaired) electrons. The summed E-state index contributed by atoms with van der Waals surface area (Å²) in [6.07, 6.45) is -7.50. The van der Waals surface area contributed by atoms with Crippen molar-refractivity contribution in [1.82, 2.24) is 9.97 Å². The van der Waals surface area contributed by atoms with Crippen LogP contribution in [-0.4, -0.2) is 22.9 Å². The Morgan fingerprint density at radius 3 is 2.13 bits per heavy atom. The van der Waals surface area contributed by atoms with Crippen LogP contribution in [0.2, 0.25) is 5.15 Å². The molecule has 1 aromatic carbocycles. The van der Waals surface area contributed by atoms with E-state index in [1.807, 2.05) is 0 Å². The lowest BCUT2D eigenvalue weighted by atomic mass is 10.0. The topological polar surface area (TPSA) is 46.1 Å². The summed E-state index contributed by atoms with van der Waals surface area (Å²) in [4.78, 5) is 21.8. The van der Waals surface area contributed by atoms with Gasteiger partial charge in [0.25, 0.3) is 5.91 Å². The van der Waals surface area contributed by atoms with Crippen LogP contribution in [0.5, 0.6) is 0 Å². The molecule has 3 rings (SSSR count). The molecule has 2 aromatic heterocycles. The standard InChI is InChI=1S/C20H12ClF6N3O/c1-30(16-10-28-6-5-14(16)15-3-2-4-17(21)29-15)18(31)11-7-12(19(22,23)24)9-13(8-11)20(25,26)27/h2-10H,1H3. The fraction of sp³-hybridized carbons (Fsp3) is 0.150. The van der Waals surface area contributed by atoms with Crippen LogP contribution in [0, 0.1) is 0 Å². The Kier molecular flexibility index (Phi) is 5.95. The Bertz CT molecular complexity index is 1100. The second kappa shape index (κ2) is 8.18. The van der Waals surface area contributed by atoms with Gasteiger partial charge in [-0.1, -0.05) is 17.7 Å². The molecule has 1 amide bonds. The number of carbonyl (C=O) groups excluding carboxylic acids is 1. The number of benzene rings is 1. The highest BCUT2D eigenvalue weighted by Crippen LogP contribution is 2.37. The fourth-order valence-corrected chi connectivity index (χ4v) is 2.97. The summed E-state index contributed by atoms with van der Waals surface area (Å²) in [7, 11) is 1.21. The molecule has 3 aromatic rings. The Labute approximate surface area is 177 Å². The second-order valence-corrected chi connectivity index (χ2v) is 6.78. The van der Waals surface area contributed by atoms with Gasteiger partial charge in [0.1, 0.15) is 5.15 Å². The SMILES string of the molecule is CN(C(=O)c1cc(C(F)(F)F)cc(C(F)(F)F)c1)c1cnccc1-c1cccc(Cl)n1. The number of alkyl halides is 6. The molecule has 0 aliphatic heterocycles. The summed E-state index contributed by atoms with van der Waals surface area (Å²) in [6, 6.07) is 6.90. The number of halogens is 7. The number of hydrogen-bond donors (Lipinski definition) is 0. The second-order valence-electron chi connectivity index (χ2n) is 6.40. The molecule has 4 nitrogen and oxygen atoms in total. The lowest BCUT2D eigenvalue weighted by Crippen LogP contribution is -2.28. The minimum Gasteiger partial charge on any atom is -0.309 e. The number of aromatic nitrogens is 2. The van der Waals surface area contributed by atoms with E-state index in [9.17, 15) is 31.1 Å². The van der Waals surface area contributed by atoms with Crippen LogP contribution in [0.3, 0.4) is 0 Å². The minimum absolute atomic E-state index is 0.0395. The summed E-state index contributed by atoms with van der Waals surface area (Å²) in [5, 5.41) is 0.155. The van der Waals surface area contributed by atoms with Gasteiger partial charge in [-0.05, 0) is 36.4 Å². The minimum atomic E-state index is -5.07. The summed E-state index contributed by atoms with van der Waals surface area (Å²) < 4.78 is 78.7. The van der Waals surface area contributed by atoms with Crippen molar-refractivity contribution >= 4 is 23.2 Å². The van der Waals surface area contributed by atoms with Gasteiger partial charge in [0.2, 0.25) is 0 Å². The van der Waals surface area contributed by atoms with Gasteiger partial charge in [-0.15, -0.1) is 0 Å². The number of amides is 1. The third kappa shape index (κ3) is 4.96. The van der Waals surface area contributed by atoms with E-state index in [4.69, 9.17) is 11.6 Å². The molecule has 0 spiro atoms. The summed E-state index contributed by atoms with van der Waals surface area (Å²) in [5.41, 5.74) is -3.13. The van der Waals surface area contributed by atoms with E-state index in [1.54, 1.807) is 12.1 Å². The summed E-state index contributed by atoms with van der Waals surface area (Å²) in [5.74, 6) is -1.09. The van der Waals surface area contributed by atoms with Gasteiger partial charge in [0.15, 0.2) is 0 Å². The van der Waals surface area contributed by atoms with Crippen LogP contribution in [0.25, 0.3) is 11.3 Å². The van der Waals surface area contributed by atoms with Gasteiger partial charge in [-0.25, -0.2) is 4.98 Å². The van der Waals surface area contributed by atoms with E-state index in [1.165, 1.54) is 31.6 Å². The molecule has 31 heavy (non-hydrogen) atoms. The quantitative estimate of drug-likeness (QED) is 0.350. The molecule has 0 saturated heterocycles. The average molecular weight is 460 g/mol. The molecule has 2 heterocycles. The Hall–Kier alpha value is -3.14. The smallest absolute Gasteiger partial charge is 0.309 e. The summed E-state index contributed by atoms with van der Waals surface area (Å²) >= 11 is 5.88. The number of hydrogen-bond acceptors (Lipinski definition) is 3. The van der Waals surface area contributed by atoms with Crippen LogP contribution >= 0.6 is 11.6 Å². The third-order valence-corrected chi connectivity index (χ3v) is 4.50. The zero-order chi connectivity index (χ0) is 23.0. The van der Waals surface area contributed by atoms with Gasteiger partial charge in [-0.3, -0.25) is 9.78 Å². The van der Waals surface area contributed by atoms with Crippen molar-refractivity contribution in [1.29, 1.82) is 0 Å². The predicted molar refractivity (Wildman–Crippen MR) is 102 cm³/mol. The average Bonchev–Trinajstić information content (AvgIpc) is 2.71. The first-order valence-electron chi connectivity index (χ1n) is 8.52. The molecule has 0 aliphatic carbocycles. The van der Waals surface area contributed by atoms with Crippen LogP contribution in [0.4, 0.5) is 32.0 Å². The van der Waals surface area contributed by atoms with Gasteiger partial charge in [0.05, 0.1) is 28.7 Å². The lowest BCUT2D eigenvalue weighted by Gasteiger charge is -2.21. The normalized spacial score (nSPS) is 12.0. The van der Waals surface area contributed by atoms with Crippen LogP contribution < -0.4 is 4.90 Å². The molecule has 0 bridgehead atoms. The van der Waals surface area contributed by atoms with Crippen molar-refractivity contribution in [3.05, 3.63) is 76.7 Å². The summed E-state index contributed by atoms with van der Waals surface area (Å²) in [6.45, 7) is 0. The molecule has 0 aliphatic rings. The van der Waals surface area contributed by atoms with Gasteiger partial charge in [-0.2, -0.15) is 26.3 Å². The van der Waals surface area contributed by atoms with Crippen molar-refractivity contribution in [2.24, 2.45) is 0 Å². The predicted octanol–water partition coefficient (Wildman–Crippen LogP) is 6.11. The van der Waals surface area contributed by atoms with Crippen LogP contribution in [0.15, 0.2) is 54.9 Å². The largest absolute Gasteiger partial charge is 0.416 e. The van der Waals surface area contributed by atoms with E-state index in [2.05, 4.69) is 9.97 Å².